The van der Waals surface area contributed by atoms with Crippen LogP contribution in [-0.4, -0.2) is 37.0 Å². The molecule has 0 aromatic heterocycles. The number of halogens is 1. The number of hydrogen-bond donors (Lipinski definition) is 2. The molecule has 21 heavy (non-hydrogen) atoms. The Morgan fingerprint density at radius 1 is 1.33 bits per heavy atom. The molecule has 1 aliphatic rings. The number of amides is 1. The Bertz CT molecular complexity index is 510. The Balaban J connectivity index is 2.05. The van der Waals surface area contributed by atoms with Crippen molar-refractivity contribution >= 4 is 23.2 Å². The molecule has 0 aliphatic heterocycles. The maximum absolute atomic E-state index is 12.3. The van der Waals surface area contributed by atoms with E-state index in [1.54, 1.807) is 18.2 Å². The van der Waals surface area contributed by atoms with Crippen molar-refractivity contribution in [2.45, 2.75) is 37.6 Å². The average Bonchev–Trinajstić information content (AvgIpc) is 2.45. The molecule has 4 nitrogen and oxygen atoms in total. The van der Waals surface area contributed by atoms with Crippen LogP contribution in [0.3, 0.4) is 0 Å². The second-order valence-electron chi connectivity index (χ2n) is 6.09. The molecule has 0 heterocycles. The Kier molecular flexibility index (Phi) is 5.12. The first-order valence-electron chi connectivity index (χ1n) is 7.45. The van der Waals surface area contributed by atoms with Gasteiger partial charge in [-0.3, -0.25) is 4.79 Å². The number of carbonyl (C=O) groups excluding carboxylic acids is 1. The van der Waals surface area contributed by atoms with E-state index < -0.39 is 0 Å². The van der Waals surface area contributed by atoms with Crippen LogP contribution in [0.2, 0.25) is 5.02 Å². The van der Waals surface area contributed by atoms with E-state index in [1.165, 1.54) is 19.3 Å². The Labute approximate surface area is 131 Å². The van der Waals surface area contributed by atoms with Crippen molar-refractivity contribution in [3.63, 3.8) is 0 Å². The summed E-state index contributed by atoms with van der Waals surface area (Å²) < 4.78 is 0. The number of rotatable bonds is 4. The van der Waals surface area contributed by atoms with Crippen LogP contribution in [0.1, 0.15) is 42.5 Å². The van der Waals surface area contributed by atoms with Gasteiger partial charge in [-0.2, -0.15) is 0 Å². The maximum atomic E-state index is 12.3. The fourth-order valence-corrected chi connectivity index (χ4v) is 3.25. The van der Waals surface area contributed by atoms with Crippen LogP contribution < -0.4 is 11.1 Å². The Hall–Kier alpha value is -1.26. The summed E-state index contributed by atoms with van der Waals surface area (Å²) in [6, 6.07) is 4.98. The zero-order valence-corrected chi connectivity index (χ0v) is 13.5. The van der Waals surface area contributed by atoms with Gasteiger partial charge in [-0.05, 0) is 45.1 Å². The van der Waals surface area contributed by atoms with Crippen LogP contribution in [0.5, 0.6) is 0 Å². The summed E-state index contributed by atoms with van der Waals surface area (Å²) in [7, 11) is 4.18. The van der Waals surface area contributed by atoms with Crippen molar-refractivity contribution in [1.29, 1.82) is 0 Å². The Morgan fingerprint density at radius 2 is 2.00 bits per heavy atom. The lowest BCUT2D eigenvalue weighted by Crippen LogP contribution is -2.53. The molecule has 3 N–H and O–H groups in total. The first-order valence-corrected chi connectivity index (χ1v) is 7.83. The monoisotopic (exact) mass is 309 g/mol. The summed E-state index contributed by atoms with van der Waals surface area (Å²) >= 11 is 5.87. The molecule has 1 fully saturated rings. The maximum Gasteiger partial charge on any atom is 0.253 e. The van der Waals surface area contributed by atoms with Crippen LogP contribution in [-0.2, 0) is 0 Å². The number of nitrogens with two attached hydrogens (primary N) is 1. The van der Waals surface area contributed by atoms with E-state index in [-0.39, 0.29) is 11.4 Å². The molecule has 0 radical (unpaired) electrons. The van der Waals surface area contributed by atoms with E-state index in [9.17, 15) is 4.79 Å². The lowest BCUT2D eigenvalue weighted by molar-refractivity contribution is 0.0800. The molecule has 2 rings (SSSR count). The molecular formula is C16H24ClN3O. The highest BCUT2D eigenvalue weighted by Gasteiger charge is 2.34. The fourth-order valence-electron chi connectivity index (χ4n) is 3.07. The number of likely N-dealkylation sites (N-methyl/N-ethyl adjacent to an activating group) is 1. The zero-order valence-electron chi connectivity index (χ0n) is 12.8. The van der Waals surface area contributed by atoms with Crippen LogP contribution in [0.4, 0.5) is 5.69 Å². The lowest BCUT2D eigenvalue weighted by Gasteiger charge is -2.43. The largest absolute Gasteiger partial charge is 0.398 e. The molecule has 1 amide bonds. The standard InChI is InChI=1S/C16H24ClN3O/c1-20(2)16(8-4-3-5-9-16)11-19-15(21)13-7-6-12(17)10-14(13)18/h6-7,10H,3-5,8-9,11,18H2,1-2H3,(H,19,21). The second kappa shape index (κ2) is 6.67. The molecule has 1 saturated carbocycles. The lowest BCUT2D eigenvalue weighted by atomic mass is 9.80. The van der Waals surface area contributed by atoms with Gasteiger partial charge in [-0.25, -0.2) is 0 Å². The van der Waals surface area contributed by atoms with E-state index in [2.05, 4.69) is 24.3 Å². The highest BCUT2D eigenvalue weighted by Crippen LogP contribution is 2.31. The number of nitrogens with one attached hydrogen (secondary N) is 1. The third kappa shape index (κ3) is 3.69. The SMILES string of the molecule is CN(C)C1(CNC(=O)c2ccc(Cl)cc2N)CCCCC1. The summed E-state index contributed by atoms with van der Waals surface area (Å²) in [5.41, 5.74) is 6.84. The van der Waals surface area contributed by atoms with Crippen LogP contribution in [0.15, 0.2) is 18.2 Å². The van der Waals surface area contributed by atoms with E-state index in [1.807, 2.05) is 0 Å². The highest BCUT2D eigenvalue weighted by molar-refractivity contribution is 6.31. The summed E-state index contributed by atoms with van der Waals surface area (Å²) in [5.74, 6) is -0.129. The molecule has 116 valence electrons. The first kappa shape index (κ1) is 16.1. The van der Waals surface area contributed by atoms with Gasteiger partial charge in [0, 0.05) is 22.8 Å². The molecular weight excluding hydrogens is 286 g/mol. The zero-order chi connectivity index (χ0) is 15.5. The van der Waals surface area contributed by atoms with Gasteiger partial charge in [0.25, 0.3) is 5.91 Å². The van der Waals surface area contributed by atoms with Gasteiger partial charge in [0.1, 0.15) is 0 Å². The van der Waals surface area contributed by atoms with E-state index in [0.717, 1.165) is 12.8 Å². The van der Waals surface area contributed by atoms with Gasteiger partial charge >= 0.3 is 0 Å². The van der Waals surface area contributed by atoms with Gasteiger partial charge in [-0.15, -0.1) is 0 Å². The number of nitrogen functional groups attached to an aromatic ring is 1. The number of nitrogens with zero attached hydrogens (tertiary/aromatic N) is 1. The topological polar surface area (TPSA) is 58.4 Å². The molecule has 5 heteroatoms. The van der Waals surface area contributed by atoms with Gasteiger partial charge in [0.15, 0.2) is 0 Å². The summed E-state index contributed by atoms with van der Waals surface area (Å²) in [5, 5.41) is 3.59. The number of anilines is 1. The third-order valence-electron chi connectivity index (χ3n) is 4.57. The highest BCUT2D eigenvalue weighted by atomic mass is 35.5. The van der Waals surface area contributed by atoms with Crippen molar-refractivity contribution in [2.24, 2.45) is 0 Å². The minimum absolute atomic E-state index is 0.0646. The molecule has 0 atom stereocenters. The van der Waals surface area contributed by atoms with Gasteiger partial charge < -0.3 is 16.0 Å². The Morgan fingerprint density at radius 3 is 2.57 bits per heavy atom. The average molecular weight is 310 g/mol. The summed E-state index contributed by atoms with van der Waals surface area (Å²) in [6.45, 7) is 0.654. The second-order valence-corrected chi connectivity index (χ2v) is 6.53. The van der Waals surface area contributed by atoms with Gasteiger partial charge in [0.05, 0.1) is 5.56 Å². The smallest absolute Gasteiger partial charge is 0.253 e. The first-order chi connectivity index (χ1) is 9.94. The van der Waals surface area contributed by atoms with Crippen LogP contribution in [0, 0.1) is 0 Å². The van der Waals surface area contributed by atoms with E-state index >= 15 is 0 Å². The van der Waals surface area contributed by atoms with Crippen molar-refractivity contribution in [3.8, 4) is 0 Å². The minimum atomic E-state index is -0.129. The molecule has 0 spiro atoms. The number of hydrogen-bond acceptors (Lipinski definition) is 3. The summed E-state index contributed by atoms with van der Waals surface area (Å²) in [6.07, 6.45) is 5.97. The van der Waals surface area contributed by atoms with Gasteiger partial charge in [-0.1, -0.05) is 30.9 Å². The van der Waals surface area contributed by atoms with E-state index in [0.29, 0.717) is 22.8 Å². The molecule has 0 unspecified atom stereocenters. The van der Waals surface area contributed by atoms with Crippen molar-refractivity contribution in [1.82, 2.24) is 10.2 Å². The predicted molar refractivity (Wildman–Crippen MR) is 87.7 cm³/mol. The quantitative estimate of drug-likeness (QED) is 0.841. The fraction of sp³-hybridized carbons (Fsp3) is 0.562. The van der Waals surface area contributed by atoms with Crippen LogP contribution in [0.25, 0.3) is 0 Å². The normalized spacial score (nSPS) is 17.7. The van der Waals surface area contributed by atoms with Crippen molar-refractivity contribution in [3.05, 3.63) is 28.8 Å². The van der Waals surface area contributed by atoms with Crippen molar-refractivity contribution < 1.29 is 4.79 Å². The van der Waals surface area contributed by atoms with Gasteiger partial charge in [0.2, 0.25) is 0 Å². The molecule has 1 aromatic rings. The molecule has 1 aliphatic carbocycles. The third-order valence-corrected chi connectivity index (χ3v) is 4.80. The minimum Gasteiger partial charge on any atom is -0.398 e. The molecule has 1 aromatic carbocycles. The number of benzene rings is 1. The molecule has 0 bridgehead atoms. The summed E-state index contributed by atoms with van der Waals surface area (Å²) in [4.78, 5) is 14.6. The predicted octanol–water partition coefficient (Wildman–Crippen LogP) is 2.92. The molecule has 0 saturated heterocycles. The van der Waals surface area contributed by atoms with E-state index in [4.69, 9.17) is 17.3 Å². The van der Waals surface area contributed by atoms with Crippen molar-refractivity contribution in [2.75, 3.05) is 26.4 Å². The van der Waals surface area contributed by atoms with Crippen LogP contribution >= 0.6 is 11.6 Å². The number of carbonyl (C=O) groups is 1.